The van der Waals surface area contributed by atoms with Crippen molar-refractivity contribution >= 4 is 23.3 Å². The number of nitrogens with zero attached hydrogens (tertiary/aromatic N) is 4. The standard InChI is InChI=1S/C10H8N4S2/c1-6-3-4-8(5-11)9(12-6)15-10-13-7(2)14-16-10/h3-4H,1-2H3. The Morgan fingerprint density at radius 2 is 2.12 bits per heavy atom. The highest BCUT2D eigenvalue weighted by Gasteiger charge is 2.09. The van der Waals surface area contributed by atoms with E-state index in [1.165, 1.54) is 23.3 Å². The summed E-state index contributed by atoms with van der Waals surface area (Å²) in [7, 11) is 0. The molecule has 0 saturated heterocycles. The Morgan fingerprint density at radius 1 is 1.31 bits per heavy atom. The molecule has 0 radical (unpaired) electrons. The van der Waals surface area contributed by atoms with E-state index < -0.39 is 0 Å². The van der Waals surface area contributed by atoms with Gasteiger partial charge in [-0.15, -0.1) is 0 Å². The molecule has 0 saturated carbocycles. The summed E-state index contributed by atoms with van der Waals surface area (Å²) in [4.78, 5) is 8.56. The van der Waals surface area contributed by atoms with Gasteiger partial charge < -0.3 is 0 Å². The summed E-state index contributed by atoms with van der Waals surface area (Å²) in [5.74, 6) is 0.749. The van der Waals surface area contributed by atoms with E-state index in [-0.39, 0.29) is 0 Å². The lowest BCUT2D eigenvalue weighted by Crippen LogP contribution is -1.89. The molecule has 0 aliphatic carbocycles. The van der Waals surface area contributed by atoms with Gasteiger partial charge in [-0.1, -0.05) is 0 Å². The molecule has 0 N–H and O–H groups in total. The minimum atomic E-state index is 0.573. The summed E-state index contributed by atoms with van der Waals surface area (Å²) in [5.41, 5.74) is 1.46. The molecule has 2 aromatic rings. The lowest BCUT2D eigenvalue weighted by atomic mass is 10.3. The predicted molar refractivity (Wildman–Crippen MR) is 62.5 cm³/mol. The van der Waals surface area contributed by atoms with Gasteiger partial charge in [0.05, 0.1) is 5.56 Å². The fourth-order valence-corrected chi connectivity index (χ4v) is 2.78. The topological polar surface area (TPSA) is 62.5 Å². The average molecular weight is 248 g/mol. The van der Waals surface area contributed by atoms with Crippen molar-refractivity contribution in [1.82, 2.24) is 14.3 Å². The first-order chi connectivity index (χ1) is 7.69. The maximum Gasteiger partial charge on any atom is 0.176 e. The molecule has 0 atom stereocenters. The summed E-state index contributed by atoms with van der Waals surface area (Å²) < 4.78 is 4.90. The molecular weight excluding hydrogens is 240 g/mol. The molecule has 0 amide bonds. The van der Waals surface area contributed by atoms with E-state index in [0.717, 1.165) is 15.9 Å². The molecule has 4 nitrogen and oxygen atoms in total. The zero-order valence-electron chi connectivity index (χ0n) is 8.76. The Hall–Kier alpha value is -1.45. The second-order valence-corrected chi connectivity index (χ2v) is 5.11. The van der Waals surface area contributed by atoms with Crippen molar-refractivity contribution in [2.24, 2.45) is 0 Å². The van der Waals surface area contributed by atoms with Gasteiger partial charge in [0.25, 0.3) is 0 Å². The fraction of sp³-hybridized carbons (Fsp3) is 0.200. The normalized spacial score (nSPS) is 10.1. The van der Waals surface area contributed by atoms with Gasteiger partial charge in [-0.05, 0) is 49.3 Å². The van der Waals surface area contributed by atoms with Crippen molar-refractivity contribution in [3.05, 3.63) is 29.2 Å². The van der Waals surface area contributed by atoms with Crippen LogP contribution in [-0.2, 0) is 0 Å². The van der Waals surface area contributed by atoms with Gasteiger partial charge in [0.1, 0.15) is 16.9 Å². The number of hydrogen-bond acceptors (Lipinski definition) is 6. The van der Waals surface area contributed by atoms with E-state index in [9.17, 15) is 0 Å². The molecule has 0 aromatic carbocycles. The zero-order valence-corrected chi connectivity index (χ0v) is 10.4. The zero-order chi connectivity index (χ0) is 11.5. The molecule has 0 aliphatic heterocycles. The average Bonchev–Trinajstić information content (AvgIpc) is 2.64. The van der Waals surface area contributed by atoms with Crippen LogP contribution in [-0.4, -0.2) is 14.3 Å². The van der Waals surface area contributed by atoms with Crippen molar-refractivity contribution in [1.29, 1.82) is 5.26 Å². The van der Waals surface area contributed by atoms with Gasteiger partial charge in [-0.25, -0.2) is 9.97 Å². The number of nitriles is 1. The van der Waals surface area contributed by atoms with Crippen LogP contribution < -0.4 is 0 Å². The van der Waals surface area contributed by atoms with Crippen LogP contribution in [0.5, 0.6) is 0 Å². The second kappa shape index (κ2) is 4.60. The molecule has 2 aromatic heterocycles. The number of pyridine rings is 1. The molecule has 0 aliphatic rings. The molecule has 0 spiro atoms. The van der Waals surface area contributed by atoms with E-state index >= 15 is 0 Å². The lowest BCUT2D eigenvalue weighted by molar-refractivity contribution is 1.04. The summed E-state index contributed by atoms with van der Waals surface area (Å²) in [6.45, 7) is 3.74. The van der Waals surface area contributed by atoms with Crippen LogP contribution in [0.4, 0.5) is 0 Å². The molecule has 2 heterocycles. The van der Waals surface area contributed by atoms with Crippen molar-refractivity contribution in [2.45, 2.75) is 23.2 Å². The summed E-state index contributed by atoms with van der Waals surface area (Å²) in [6, 6.07) is 5.73. The number of rotatable bonds is 2. The summed E-state index contributed by atoms with van der Waals surface area (Å²) in [5, 5.41) is 9.65. The minimum absolute atomic E-state index is 0.573. The van der Waals surface area contributed by atoms with Gasteiger partial charge in [-0.3, -0.25) is 0 Å². The molecule has 16 heavy (non-hydrogen) atoms. The first-order valence-corrected chi connectivity index (χ1v) is 6.14. The van der Waals surface area contributed by atoms with Crippen LogP contribution in [0.25, 0.3) is 0 Å². The van der Waals surface area contributed by atoms with Gasteiger partial charge in [-0.2, -0.15) is 9.64 Å². The lowest BCUT2D eigenvalue weighted by Gasteiger charge is -2.00. The van der Waals surface area contributed by atoms with Crippen LogP contribution in [0.15, 0.2) is 21.5 Å². The monoisotopic (exact) mass is 248 g/mol. The van der Waals surface area contributed by atoms with Crippen molar-refractivity contribution in [3.8, 4) is 6.07 Å². The quantitative estimate of drug-likeness (QED) is 0.817. The van der Waals surface area contributed by atoms with Crippen molar-refractivity contribution in [2.75, 3.05) is 0 Å². The third-order valence-corrected chi connectivity index (χ3v) is 3.66. The Balaban J connectivity index is 2.34. The Morgan fingerprint density at radius 3 is 2.75 bits per heavy atom. The number of aromatic nitrogens is 3. The van der Waals surface area contributed by atoms with Crippen LogP contribution in [0.3, 0.4) is 0 Å². The van der Waals surface area contributed by atoms with Gasteiger partial charge in [0.2, 0.25) is 0 Å². The SMILES string of the molecule is Cc1ccc(C#N)c(Sc2nc(C)ns2)n1. The van der Waals surface area contributed by atoms with Crippen molar-refractivity contribution < 1.29 is 0 Å². The smallest absolute Gasteiger partial charge is 0.176 e. The molecule has 6 heteroatoms. The van der Waals surface area contributed by atoms with Crippen LogP contribution >= 0.6 is 23.3 Å². The van der Waals surface area contributed by atoms with E-state index in [2.05, 4.69) is 20.4 Å². The predicted octanol–water partition coefficient (Wildman–Crippen LogP) is 2.57. The summed E-state index contributed by atoms with van der Waals surface area (Å²) >= 11 is 2.71. The molecule has 0 unspecified atom stereocenters. The number of hydrogen-bond donors (Lipinski definition) is 0. The third-order valence-electron chi connectivity index (χ3n) is 1.81. The van der Waals surface area contributed by atoms with E-state index in [1.54, 1.807) is 6.07 Å². The van der Waals surface area contributed by atoms with Crippen molar-refractivity contribution in [3.63, 3.8) is 0 Å². The van der Waals surface area contributed by atoms with E-state index in [1.807, 2.05) is 19.9 Å². The van der Waals surface area contributed by atoms with Gasteiger partial charge in [0.15, 0.2) is 4.34 Å². The third kappa shape index (κ3) is 2.38. The molecular formula is C10H8N4S2. The molecule has 80 valence electrons. The minimum Gasteiger partial charge on any atom is -0.245 e. The highest BCUT2D eigenvalue weighted by atomic mass is 32.2. The van der Waals surface area contributed by atoms with Crippen LogP contribution in [0.1, 0.15) is 17.1 Å². The van der Waals surface area contributed by atoms with Gasteiger partial charge in [0, 0.05) is 5.69 Å². The first kappa shape index (κ1) is 11.0. The first-order valence-electron chi connectivity index (χ1n) is 4.55. The highest BCUT2D eigenvalue weighted by Crippen LogP contribution is 2.29. The molecule has 2 rings (SSSR count). The van der Waals surface area contributed by atoms with E-state index in [0.29, 0.717) is 10.6 Å². The maximum absolute atomic E-state index is 8.96. The Bertz CT molecular complexity index is 556. The highest BCUT2D eigenvalue weighted by molar-refractivity contribution is 8.00. The van der Waals surface area contributed by atoms with Gasteiger partial charge >= 0.3 is 0 Å². The second-order valence-electron chi connectivity index (χ2n) is 3.13. The Labute approximate surface area is 102 Å². The number of aryl methyl sites for hydroxylation is 2. The largest absolute Gasteiger partial charge is 0.245 e. The Kier molecular flexibility index (Phi) is 3.17. The summed E-state index contributed by atoms with van der Waals surface area (Å²) in [6.07, 6.45) is 0. The molecule has 0 fully saturated rings. The van der Waals surface area contributed by atoms with Crippen LogP contribution in [0.2, 0.25) is 0 Å². The fourth-order valence-electron chi connectivity index (χ4n) is 1.10. The maximum atomic E-state index is 8.96. The van der Waals surface area contributed by atoms with E-state index in [4.69, 9.17) is 5.26 Å². The molecule has 0 bridgehead atoms. The van der Waals surface area contributed by atoms with Crippen LogP contribution in [0, 0.1) is 25.2 Å².